The lowest BCUT2D eigenvalue weighted by molar-refractivity contribution is -0.136. The number of carbonyl (C=O) groups is 2. The molecule has 6 heteroatoms. The minimum absolute atomic E-state index is 0.190. The van der Waals surface area contributed by atoms with Gasteiger partial charge >= 0.3 is 11.8 Å². The Balaban J connectivity index is 1.77. The molecule has 0 aliphatic carbocycles. The highest BCUT2D eigenvalue weighted by atomic mass is 35.5. The van der Waals surface area contributed by atoms with E-state index in [0.29, 0.717) is 23.7 Å². The maximum Gasteiger partial charge on any atom is 0.313 e. The molecule has 0 spiro atoms. The summed E-state index contributed by atoms with van der Waals surface area (Å²) >= 11 is 5.74. The lowest BCUT2D eigenvalue weighted by Gasteiger charge is -2.07. The number of anilines is 1. The van der Waals surface area contributed by atoms with E-state index in [9.17, 15) is 9.59 Å². The average molecular weight is 319 g/mol. The van der Waals surface area contributed by atoms with Gasteiger partial charge < -0.3 is 15.7 Å². The second-order valence-corrected chi connectivity index (χ2v) is 5.07. The summed E-state index contributed by atoms with van der Waals surface area (Å²) < 4.78 is 0. The van der Waals surface area contributed by atoms with Crippen molar-refractivity contribution in [3.05, 3.63) is 59.1 Å². The first-order chi connectivity index (χ1) is 10.5. The summed E-state index contributed by atoms with van der Waals surface area (Å²) in [5, 5.41) is 14.7. The molecule has 0 heterocycles. The minimum atomic E-state index is -0.729. The largest absolute Gasteiger partial charge is 0.508 e. The lowest BCUT2D eigenvalue weighted by atomic mass is 10.1. The van der Waals surface area contributed by atoms with Gasteiger partial charge in [0.05, 0.1) is 0 Å². The first kappa shape index (κ1) is 15.9. The molecule has 2 aromatic rings. The summed E-state index contributed by atoms with van der Waals surface area (Å²) in [6.07, 6.45) is 0.570. The molecule has 0 bridgehead atoms. The van der Waals surface area contributed by atoms with Crippen LogP contribution in [0.1, 0.15) is 5.56 Å². The fourth-order valence-electron chi connectivity index (χ4n) is 1.78. The van der Waals surface area contributed by atoms with Crippen molar-refractivity contribution in [2.24, 2.45) is 0 Å². The van der Waals surface area contributed by atoms with Crippen molar-refractivity contribution >= 4 is 29.1 Å². The third-order valence-electron chi connectivity index (χ3n) is 2.94. The summed E-state index contributed by atoms with van der Waals surface area (Å²) in [4.78, 5) is 23.4. The van der Waals surface area contributed by atoms with Crippen LogP contribution in [0.15, 0.2) is 48.5 Å². The summed E-state index contributed by atoms with van der Waals surface area (Å²) in [6, 6.07) is 13.1. The molecule has 3 N–H and O–H groups in total. The molecule has 0 aliphatic rings. The first-order valence-electron chi connectivity index (χ1n) is 6.67. The number of rotatable bonds is 4. The van der Waals surface area contributed by atoms with Gasteiger partial charge in [0.1, 0.15) is 5.75 Å². The Bertz CT molecular complexity index is 654. The van der Waals surface area contributed by atoms with Crippen LogP contribution < -0.4 is 10.6 Å². The van der Waals surface area contributed by atoms with E-state index in [1.165, 1.54) is 0 Å². The molecule has 0 atom stereocenters. The van der Waals surface area contributed by atoms with Gasteiger partial charge in [0.25, 0.3) is 0 Å². The van der Waals surface area contributed by atoms with E-state index >= 15 is 0 Å². The van der Waals surface area contributed by atoms with E-state index in [1.54, 1.807) is 48.5 Å². The highest BCUT2D eigenvalue weighted by Gasteiger charge is 2.12. The van der Waals surface area contributed by atoms with Crippen LogP contribution in [0.2, 0.25) is 5.02 Å². The SMILES string of the molecule is O=C(NCCc1ccc(O)cc1)C(=O)Nc1ccc(Cl)cc1. The van der Waals surface area contributed by atoms with Crippen LogP contribution in [0, 0.1) is 0 Å². The Morgan fingerprint density at radius 1 is 0.955 bits per heavy atom. The second-order valence-electron chi connectivity index (χ2n) is 4.63. The van der Waals surface area contributed by atoms with Crippen LogP contribution in [-0.4, -0.2) is 23.5 Å². The van der Waals surface area contributed by atoms with Crippen LogP contribution in [0.3, 0.4) is 0 Å². The first-order valence-corrected chi connectivity index (χ1v) is 7.05. The number of phenols is 1. The number of phenolic OH excluding ortho intramolecular Hbond substituents is 1. The Morgan fingerprint density at radius 2 is 1.59 bits per heavy atom. The Morgan fingerprint density at radius 3 is 2.23 bits per heavy atom. The van der Waals surface area contributed by atoms with E-state index in [-0.39, 0.29) is 5.75 Å². The van der Waals surface area contributed by atoms with Crippen molar-refractivity contribution in [1.29, 1.82) is 0 Å². The van der Waals surface area contributed by atoms with E-state index < -0.39 is 11.8 Å². The predicted molar refractivity (Wildman–Crippen MR) is 84.9 cm³/mol. The molecule has 0 unspecified atom stereocenters. The van der Waals surface area contributed by atoms with Gasteiger partial charge in [-0.05, 0) is 48.4 Å². The van der Waals surface area contributed by atoms with Crippen LogP contribution in [0.5, 0.6) is 5.75 Å². The molecule has 0 aliphatic heterocycles. The van der Waals surface area contributed by atoms with Gasteiger partial charge in [-0.3, -0.25) is 9.59 Å². The van der Waals surface area contributed by atoms with E-state index in [2.05, 4.69) is 10.6 Å². The molecule has 0 saturated carbocycles. The minimum Gasteiger partial charge on any atom is -0.508 e. The number of hydrogen-bond acceptors (Lipinski definition) is 3. The summed E-state index contributed by atoms with van der Waals surface area (Å²) in [7, 11) is 0. The Kier molecular flexibility index (Phi) is 5.38. The third kappa shape index (κ3) is 4.79. The van der Waals surface area contributed by atoms with Crippen LogP contribution in [0.4, 0.5) is 5.69 Å². The molecule has 5 nitrogen and oxygen atoms in total. The van der Waals surface area contributed by atoms with Gasteiger partial charge in [0.2, 0.25) is 0 Å². The number of hydrogen-bond donors (Lipinski definition) is 3. The zero-order chi connectivity index (χ0) is 15.9. The summed E-state index contributed by atoms with van der Waals surface area (Å²) in [5.41, 5.74) is 1.46. The monoisotopic (exact) mass is 318 g/mol. The Labute approximate surface area is 132 Å². The standard InChI is InChI=1S/C16H15ClN2O3/c17-12-3-5-13(6-4-12)19-16(22)15(21)18-10-9-11-1-7-14(20)8-2-11/h1-8,20H,9-10H2,(H,18,21)(H,19,22). The molecular formula is C16H15ClN2O3. The number of aromatic hydroxyl groups is 1. The lowest BCUT2D eigenvalue weighted by Crippen LogP contribution is -2.36. The fraction of sp³-hybridized carbons (Fsp3) is 0.125. The fourth-order valence-corrected chi connectivity index (χ4v) is 1.91. The zero-order valence-electron chi connectivity index (χ0n) is 11.7. The van der Waals surface area contributed by atoms with Crippen molar-refractivity contribution < 1.29 is 14.7 Å². The Hall–Kier alpha value is -2.53. The van der Waals surface area contributed by atoms with Crippen molar-refractivity contribution in [1.82, 2.24) is 5.32 Å². The van der Waals surface area contributed by atoms with Gasteiger partial charge in [0, 0.05) is 17.3 Å². The van der Waals surface area contributed by atoms with Crippen molar-refractivity contribution in [2.75, 3.05) is 11.9 Å². The number of carbonyl (C=O) groups excluding carboxylic acids is 2. The summed E-state index contributed by atoms with van der Waals surface area (Å²) in [5.74, 6) is -1.24. The maximum atomic E-state index is 11.7. The smallest absolute Gasteiger partial charge is 0.313 e. The number of halogens is 1. The van der Waals surface area contributed by atoms with Crippen molar-refractivity contribution in [3.63, 3.8) is 0 Å². The van der Waals surface area contributed by atoms with Gasteiger partial charge in [-0.25, -0.2) is 0 Å². The number of nitrogens with one attached hydrogen (secondary N) is 2. The predicted octanol–water partition coefficient (Wildman–Crippen LogP) is 2.34. The molecule has 2 aromatic carbocycles. The molecule has 2 rings (SSSR count). The summed E-state index contributed by atoms with van der Waals surface area (Å²) in [6.45, 7) is 0.331. The normalized spacial score (nSPS) is 10.0. The van der Waals surface area contributed by atoms with Crippen LogP contribution in [0.25, 0.3) is 0 Å². The van der Waals surface area contributed by atoms with Crippen LogP contribution >= 0.6 is 11.6 Å². The van der Waals surface area contributed by atoms with Crippen molar-refractivity contribution in [2.45, 2.75) is 6.42 Å². The molecule has 0 fully saturated rings. The highest BCUT2D eigenvalue weighted by Crippen LogP contribution is 2.13. The van der Waals surface area contributed by atoms with E-state index in [1.807, 2.05) is 0 Å². The molecule has 0 radical (unpaired) electrons. The third-order valence-corrected chi connectivity index (χ3v) is 3.20. The zero-order valence-corrected chi connectivity index (χ0v) is 12.4. The number of benzene rings is 2. The topological polar surface area (TPSA) is 78.4 Å². The van der Waals surface area contributed by atoms with Gasteiger partial charge in [-0.2, -0.15) is 0 Å². The molecule has 0 aromatic heterocycles. The molecule has 114 valence electrons. The van der Waals surface area contributed by atoms with Gasteiger partial charge in [-0.15, -0.1) is 0 Å². The molecular weight excluding hydrogens is 304 g/mol. The van der Waals surface area contributed by atoms with Gasteiger partial charge in [-0.1, -0.05) is 23.7 Å². The van der Waals surface area contributed by atoms with Crippen molar-refractivity contribution in [3.8, 4) is 5.75 Å². The second kappa shape index (κ2) is 7.47. The molecule has 0 saturated heterocycles. The molecule has 22 heavy (non-hydrogen) atoms. The van der Waals surface area contributed by atoms with Gasteiger partial charge in [0.15, 0.2) is 0 Å². The quantitative estimate of drug-likeness (QED) is 0.757. The molecule has 2 amide bonds. The van der Waals surface area contributed by atoms with Crippen LogP contribution in [-0.2, 0) is 16.0 Å². The average Bonchev–Trinajstić information content (AvgIpc) is 2.51. The highest BCUT2D eigenvalue weighted by molar-refractivity contribution is 6.39. The maximum absolute atomic E-state index is 11.7. The van der Waals surface area contributed by atoms with E-state index in [4.69, 9.17) is 16.7 Å². The number of amides is 2. The van der Waals surface area contributed by atoms with E-state index in [0.717, 1.165) is 5.56 Å².